The number of benzene rings is 3. The molecule has 1 aliphatic heterocycles. The van der Waals surface area contributed by atoms with Crippen LogP contribution in [0.3, 0.4) is 0 Å². The maximum Gasteiger partial charge on any atom is 0.145 e. The second-order valence-electron chi connectivity index (χ2n) is 9.19. The van der Waals surface area contributed by atoms with E-state index in [0.29, 0.717) is 11.7 Å². The third-order valence-electron chi connectivity index (χ3n) is 6.97. The van der Waals surface area contributed by atoms with Crippen LogP contribution in [0, 0.1) is 25.7 Å². The van der Waals surface area contributed by atoms with Crippen LogP contribution in [0.2, 0.25) is 0 Å². The Kier molecular flexibility index (Phi) is 5.04. The average Bonchev–Trinajstić information content (AvgIpc) is 3.26. The molecule has 0 bridgehead atoms. The summed E-state index contributed by atoms with van der Waals surface area (Å²) in [6.07, 6.45) is 0. The van der Waals surface area contributed by atoms with Gasteiger partial charge in [-0.15, -0.1) is 0 Å². The molecule has 1 saturated heterocycles. The molecule has 4 atom stereocenters. The number of aryl methyl sites for hydroxylation is 2. The van der Waals surface area contributed by atoms with E-state index in [2.05, 4.69) is 91.5 Å². The molecule has 3 aromatic carbocycles. The van der Waals surface area contributed by atoms with Gasteiger partial charge in [-0.1, -0.05) is 90.0 Å². The van der Waals surface area contributed by atoms with E-state index in [1.54, 1.807) is 0 Å². The van der Waals surface area contributed by atoms with Gasteiger partial charge >= 0.3 is 0 Å². The van der Waals surface area contributed by atoms with Gasteiger partial charge in [-0.3, -0.25) is 9.69 Å². The minimum atomic E-state index is -0.0266. The monoisotopic (exact) mass is 395 g/mol. The molecule has 0 aromatic heterocycles. The number of hydrogen-bond acceptors (Lipinski definition) is 2. The standard InChI is InChI=1S/C28H29NO/c1-19-13-20(2)15-23(14-19)26-24-17-29(16-21-9-5-3-6-10-21)18-25(24)28(30)27(26)22-11-7-4-8-12-22/h3-15,24-27H,16-18H2,1-2H3. The zero-order chi connectivity index (χ0) is 20.7. The van der Waals surface area contributed by atoms with Gasteiger partial charge < -0.3 is 0 Å². The Hall–Kier alpha value is -2.71. The summed E-state index contributed by atoms with van der Waals surface area (Å²) >= 11 is 0. The van der Waals surface area contributed by atoms with Gasteiger partial charge in [-0.25, -0.2) is 0 Å². The Labute approximate surface area is 179 Å². The molecule has 0 radical (unpaired) electrons. The fourth-order valence-corrected chi connectivity index (χ4v) is 5.88. The van der Waals surface area contributed by atoms with Crippen molar-refractivity contribution in [2.24, 2.45) is 11.8 Å². The summed E-state index contributed by atoms with van der Waals surface area (Å²) < 4.78 is 0. The molecule has 1 aliphatic carbocycles. The lowest BCUT2D eigenvalue weighted by Crippen LogP contribution is -2.26. The normalized spacial score (nSPS) is 26.1. The van der Waals surface area contributed by atoms with Crippen molar-refractivity contribution in [1.82, 2.24) is 4.90 Å². The summed E-state index contributed by atoms with van der Waals surface area (Å²) in [7, 11) is 0. The van der Waals surface area contributed by atoms with Gasteiger partial charge in [0.1, 0.15) is 5.78 Å². The molecule has 3 aromatic rings. The Bertz CT molecular complexity index is 1020. The Balaban J connectivity index is 1.51. The fraction of sp³-hybridized carbons (Fsp3) is 0.321. The number of nitrogens with zero attached hydrogens (tertiary/aromatic N) is 1. The van der Waals surface area contributed by atoms with Crippen molar-refractivity contribution < 1.29 is 4.79 Å². The highest BCUT2D eigenvalue weighted by atomic mass is 16.1. The molecule has 0 amide bonds. The van der Waals surface area contributed by atoms with E-state index in [1.807, 2.05) is 6.07 Å². The minimum absolute atomic E-state index is 0.0266. The molecule has 4 unspecified atom stereocenters. The van der Waals surface area contributed by atoms with Gasteiger partial charge in [-0.2, -0.15) is 0 Å². The molecule has 2 aliphatic rings. The van der Waals surface area contributed by atoms with Crippen LogP contribution in [0.1, 0.15) is 39.7 Å². The van der Waals surface area contributed by atoms with E-state index < -0.39 is 0 Å². The highest BCUT2D eigenvalue weighted by Gasteiger charge is 2.54. The van der Waals surface area contributed by atoms with Gasteiger partial charge in [0, 0.05) is 31.5 Å². The van der Waals surface area contributed by atoms with Crippen LogP contribution >= 0.6 is 0 Å². The van der Waals surface area contributed by atoms with Crippen LogP contribution in [0.5, 0.6) is 0 Å². The van der Waals surface area contributed by atoms with Gasteiger partial charge in [0.25, 0.3) is 0 Å². The Morgan fingerprint density at radius 2 is 1.43 bits per heavy atom. The van der Waals surface area contributed by atoms with Crippen molar-refractivity contribution in [3.63, 3.8) is 0 Å². The lowest BCUT2D eigenvalue weighted by atomic mass is 9.78. The largest absolute Gasteiger partial charge is 0.299 e. The Morgan fingerprint density at radius 3 is 2.10 bits per heavy atom. The fourth-order valence-electron chi connectivity index (χ4n) is 5.88. The molecule has 1 saturated carbocycles. The van der Waals surface area contributed by atoms with E-state index in [-0.39, 0.29) is 17.8 Å². The molecule has 2 heteroatoms. The van der Waals surface area contributed by atoms with Gasteiger partial charge in [0.05, 0.1) is 5.92 Å². The van der Waals surface area contributed by atoms with E-state index in [1.165, 1.54) is 27.8 Å². The van der Waals surface area contributed by atoms with Crippen molar-refractivity contribution in [2.45, 2.75) is 32.2 Å². The number of carbonyl (C=O) groups is 1. The zero-order valence-corrected chi connectivity index (χ0v) is 17.8. The number of Topliss-reactive ketones (excluding diaryl/α,β-unsaturated/α-hetero) is 1. The first kappa shape index (κ1) is 19.3. The average molecular weight is 396 g/mol. The van der Waals surface area contributed by atoms with Crippen molar-refractivity contribution >= 4 is 5.78 Å². The van der Waals surface area contributed by atoms with Crippen molar-refractivity contribution in [3.05, 3.63) is 107 Å². The molecule has 30 heavy (non-hydrogen) atoms. The summed E-state index contributed by atoms with van der Waals surface area (Å²) in [5.41, 5.74) is 6.41. The second-order valence-corrected chi connectivity index (χ2v) is 9.19. The van der Waals surface area contributed by atoms with Crippen LogP contribution in [0.15, 0.2) is 78.9 Å². The number of ketones is 1. The molecule has 0 spiro atoms. The molecular formula is C28H29NO. The summed E-state index contributed by atoms with van der Waals surface area (Å²) in [5.74, 6) is 1.17. The van der Waals surface area contributed by atoms with E-state index in [0.717, 1.165) is 19.6 Å². The van der Waals surface area contributed by atoms with Crippen LogP contribution in [0.4, 0.5) is 0 Å². The SMILES string of the molecule is Cc1cc(C)cc(C2C(c3ccccc3)C(=O)C3CN(Cc4ccccc4)CC32)c1. The minimum Gasteiger partial charge on any atom is -0.299 e. The van der Waals surface area contributed by atoms with Gasteiger partial charge in [0.2, 0.25) is 0 Å². The third kappa shape index (κ3) is 3.50. The van der Waals surface area contributed by atoms with Crippen molar-refractivity contribution in [3.8, 4) is 0 Å². The van der Waals surface area contributed by atoms with E-state index in [9.17, 15) is 4.79 Å². The predicted molar refractivity (Wildman–Crippen MR) is 122 cm³/mol. The molecular weight excluding hydrogens is 366 g/mol. The van der Waals surface area contributed by atoms with Gasteiger partial charge in [-0.05, 0) is 36.5 Å². The molecule has 2 fully saturated rings. The maximum absolute atomic E-state index is 13.7. The third-order valence-corrected chi connectivity index (χ3v) is 6.97. The highest BCUT2D eigenvalue weighted by Crippen LogP contribution is 2.53. The Morgan fingerprint density at radius 1 is 0.800 bits per heavy atom. The number of hydrogen-bond donors (Lipinski definition) is 0. The predicted octanol–water partition coefficient (Wildman–Crippen LogP) is 5.50. The van der Waals surface area contributed by atoms with Crippen molar-refractivity contribution in [1.29, 1.82) is 0 Å². The topological polar surface area (TPSA) is 20.3 Å². The van der Waals surface area contributed by atoms with E-state index >= 15 is 0 Å². The summed E-state index contributed by atoms with van der Waals surface area (Å²) in [5, 5.41) is 0. The van der Waals surface area contributed by atoms with Crippen molar-refractivity contribution in [2.75, 3.05) is 13.1 Å². The smallest absolute Gasteiger partial charge is 0.145 e. The molecule has 152 valence electrons. The molecule has 5 rings (SSSR count). The maximum atomic E-state index is 13.7. The quantitative estimate of drug-likeness (QED) is 0.581. The number of likely N-dealkylation sites (tertiary alicyclic amines) is 1. The second kappa shape index (κ2) is 7.85. The van der Waals surface area contributed by atoms with Crippen LogP contribution in [-0.2, 0) is 11.3 Å². The summed E-state index contributed by atoms with van der Waals surface area (Å²) in [6.45, 7) is 7.13. The van der Waals surface area contributed by atoms with E-state index in [4.69, 9.17) is 0 Å². The zero-order valence-electron chi connectivity index (χ0n) is 17.8. The van der Waals surface area contributed by atoms with Crippen LogP contribution < -0.4 is 0 Å². The number of rotatable bonds is 4. The molecule has 0 N–H and O–H groups in total. The first-order valence-electron chi connectivity index (χ1n) is 11.0. The lowest BCUT2D eigenvalue weighted by molar-refractivity contribution is -0.122. The first-order valence-corrected chi connectivity index (χ1v) is 11.0. The summed E-state index contributed by atoms with van der Waals surface area (Å²) in [4.78, 5) is 16.2. The van der Waals surface area contributed by atoms with Crippen LogP contribution in [0.25, 0.3) is 0 Å². The first-order chi connectivity index (χ1) is 14.6. The van der Waals surface area contributed by atoms with Gasteiger partial charge in [0.15, 0.2) is 0 Å². The van der Waals surface area contributed by atoms with Crippen LogP contribution in [-0.4, -0.2) is 23.8 Å². The number of carbonyl (C=O) groups excluding carboxylic acids is 1. The molecule has 1 heterocycles. The highest BCUT2D eigenvalue weighted by molar-refractivity contribution is 5.92. The lowest BCUT2D eigenvalue weighted by Gasteiger charge is -2.27. The summed E-state index contributed by atoms with van der Waals surface area (Å²) in [6, 6.07) is 27.9. The number of fused-ring (bicyclic) bond motifs is 1. The molecule has 2 nitrogen and oxygen atoms in total.